The van der Waals surface area contributed by atoms with Gasteiger partial charge in [0.05, 0.1) is 6.26 Å². The maximum atomic E-state index is 11.9. The van der Waals surface area contributed by atoms with E-state index in [9.17, 15) is 4.79 Å². The van der Waals surface area contributed by atoms with E-state index >= 15 is 0 Å². The minimum atomic E-state index is 0.00833. The SMILES string of the molecule is Cc1ccoc1C(=O)N1CCNCC1. The van der Waals surface area contributed by atoms with Crippen LogP contribution in [0.4, 0.5) is 0 Å². The molecule has 0 saturated carbocycles. The van der Waals surface area contributed by atoms with Gasteiger partial charge >= 0.3 is 0 Å². The second-order valence-corrected chi connectivity index (χ2v) is 3.47. The van der Waals surface area contributed by atoms with Gasteiger partial charge < -0.3 is 14.6 Å². The highest BCUT2D eigenvalue weighted by Gasteiger charge is 2.21. The minimum Gasteiger partial charge on any atom is -0.459 e. The monoisotopic (exact) mass is 194 g/mol. The minimum absolute atomic E-state index is 0.00833. The van der Waals surface area contributed by atoms with Gasteiger partial charge in [-0.3, -0.25) is 4.79 Å². The highest BCUT2D eigenvalue weighted by Crippen LogP contribution is 2.12. The van der Waals surface area contributed by atoms with Gasteiger partial charge in [0.1, 0.15) is 0 Å². The van der Waals surface area contributed by atoms with Crippen LogP contribution in [0, 0.1) is 6.92 Å². The molecule has 1 aliphatic rings. The van der Waals surface area contributed by atoms with E-state index in [2.05, 4.69) is 5.32 Å². The van der Waals surface area contributed by atoms with Gasteiger partial charge in [0.15, 0.2) is 5.76 Å². The lowest BCUT2D eigenvalue weighted by atomic mass is 10.2. The number of rotatable bonds is 1. The summed E-state index contributed by atoms with van der Waals surface area (Å²) in [5.74, 6) is 0.487. The summed E-state index contributed by atoms with van der Waals surface area (Å²) in [6.07, 6.45) is 1.56. The maximum absolute atomic E-state index is 11.9. The first-order valence-corrected chi connectivity index (χ1v) is 4.83. The number of nitrogens with one attached hydrogen (secondary N) is 1. The molecule has 1 N–H and O–H groups in total. The first-order chi connectivity index (χ1) is 6.79. The van der Waals surface area contributed by atoms with Crippen LogP contribution in [0.3, 0.4) is 0 Å². The van der Waals surface area contributed by atoms with Gasteiger partial charge in [-0.25, -0.2) is 0 Å². The Hall–Kier alpha value is -1.29. The van der Waals surface area contributed by atoms with Crippen molar-refractivity contribution in [1.29, 1.82) is 0 Å². The Morgan fingerprint density at radius 1 is 1.50 bits per heavy atom. The normalized spacial score (nSPS) is 17.1. The van der Waals surface area contributed by atoms with Crippen molar-refractivity contribution in [2.75, 3.05) is 26.2 Å². The van der Waals surface area contributed by atoms with Crippen molar-refractivity contribution in [1.82, 2.24) is 10.2 Å². The fourth-order valence-electron chi connectivity index (χ4n) is 1.60. The van der Waals surface area contributed by atoms with Crippen molar-refractivity contribution in [2.45, 2.75) is 6.92 Å². The summed E-state index contributed by atoms with van der Waals surface area (Å²) in [6.45, 7) is 5.15. The Bertz CT molecular complexity index is 327. The van der Waals surface area contributed by atoms with Crippen LogP contribution in [0.5, 0.6) is 0 Å². The number of amides is 1. The van der Waals surface area contributed by atoms with E-state index < -0.39 is 0 Å². The number of aryl methyl sites for hydroxylation is 1. The smallest absolute Gasteiger partial charge is 0.289 e. The molecule has 4 nitrogen and oxygen atoms in total. The molecule has 0 atom stereocenters. The van der Waals surface area contributed by atoms with Gasteiger partial charge in [0.2, 0.25) is 0 Å². The predicted octanol–water partition coefficient (Wildman–Crippen LogP) is 0.633. The lowest BCUT2D eigenvalue weighted by Crippen LogP contribution is -2.46. The van der Waals surface area contributed by atoms with E-state index in [-0.39, 0.29) is 5.91 Å². The predicted molar refractivity (Wildman–Crippen MR) is 52.2 cm³/mol. The molecule has 0 aliphatic carbocycles. The molecule has 76 valence electrons. The summed E-state index contributed by atoms with van der Waals surface area (Å²) >= 11 is 0. The van der Waals surface area contributed by atoms with Crippen LogP contribution in [-0.2, 0) is 0 Å². The molecular weight excluding hydrogens is 180 g/mol. The molecule has 0 spiro atoms. The van der Waals surface area contributed by atoms with Crippen LogP contribution < -0.4 is 5.32 Å². The number of carbonyl (C=O) groups excluding carboxylic acids is 1. The van der Waals surface area contributed by atoms with Crippen molar-refractivity contribution in [2.24, 2.45) is 0 Å². The third-order valence-corrected chi connectivity index (χ3v) is 2.46. The van der Waals surface area contributed by atoms with Gasteiger partial charge in [0.25, 0.3) is 5.91 Å². The Balaban J connectivity index is 2.11. The van der Waals surface area contributed by atoms with Crippen LogP contribution in [0.25, 0.3) is 0 Å². The molecule has 1 saturated heterocycles. The Morgan fingerprint density at radius 3 is 2.79 bits per heavy atom. The molecule has 1 aromatic heterocycles. The van der Waals surface area contributed by atoms with E-state index in [0.29, 0.717) is 5.76 Å². The molecule has 2 heterocycles. The van der Waals surface area contributed by atoms with E-state index in [0.717, 1.165) is 31.7 Å². The van der Waals surface area contributed by atoms with Crippen LogP contribution in [0.15, 0.2) is 16.7 Å². The summed E-state index contributed by atoms with van der Waals surface area (Å²) in [5.41, 5.74) is 0.911. The number of nitrogens with zero attached hydrogens (tertiary/aromatic N) is 1. The fraction of sp³-hybridized carbons (Fsp3) is 0.500. The summed E-state index contributed by atoms with van der Waals surface area (Å²) in [4.78, 5) is 13.7. The lowest BCUT2D eigenvalue weighted by Gasteiger charge is -2.26. The topological polar surface area (TPSA) is 45.5 Å². The molecule has 14 heavy (non-hydrogen) atoms. The van der Waals surface area contributed by atoms with E-state index in [4.69, 9.17) is 4.42 Å². The molecule has 0 radical (unpaired) electrons. The zero-order valence-electron chi connectivity index (χ0n) is 8.25. The quantitative estimate of drug-likeness (QED) is 0.713. The highest BCUT2D eigenvalue weighted by molar-refractivity contribution is 5.92. The van der Waals surface area contributed by atoms with Crippen molar-refractivity contribution < 1.29 is 9.21 Å². The molecule has 1 aliphatic heterocycles. The third kappa shape index (κ3) is 1.65. The van der Waals surface area contributed by atoms with Crippen LogP contribution in [0.2, 0.25) is 0 Å². The van der Waals surface area contributed by atoms with Crippen LogP contribution in [-0.4, -0.2) is 37.0 Å². The summed E-state index contributed by atoms with van der Waals surface area (Å²) in [5, 5.41) is 3.20. The van der Waals surface area contributed by atoms with Crippen molar-refractivity contribution in [3.63, 3.8) is 0 Å². The van der Waals surface area contributed by atoms with E-state index in [1.165, 1.54) is 0 Å². The maximum Gasteiger partial charge on any atom is 0.289 e. The molecule has 2 rings (SSSR count). The van der Waals surface area contributed by atoms with Crippen molar-refractivity contribution in [3.8, 4) is 0 Å². The van der Waals surface area contributed by atoms with Gasteiger partial charge in [-0.05, 0) is 13.0 Å². The average Bonchev–Trinajstić information content (AvgIpc) is 2.65. The van der Waals surface area contributed by atoms with Gasteiger partial charge in [0, 0.05) is 31.7 Å². The van der Waals surface area contributed by atoms with Gasteiger partial charge in [-0.1, -0.05) is 0 Å². The molecule has 0 unspecified atom stereocenters. The highest BCUT2D eigenvalue weighted by atomic mass is 16.3. The Kier molecular flexibility index (Phi) is 2.54. The molecule has 1 amide bonds. The van der Waals surface area contributed by atoms with Crippen molar-refractivity contribution in [3.05, 3.63) is 23.7 Å². The number of piperazine rings is 1. The Morgan fingerprint density at radius 2 is 2.21 bits per heavy atom. The molecular formula is C10H14N2O2. The molecule has 4 heteroatoms. The Labute approximate surface area is 82.9 Å². The fourth-order valence-corrected chi connectivity index (χ4v) is 1.60. The molecule has 0 aromatic carbocycles. The van der Waals surface area contributed by atoms with E-state index in [1.807, 2.05) is 17.9 Å². The van der Waals surface area contributed by atoms with E-state index in [1.54, 1.807) is 6.26 Å². The number of carbonyl (C=O) groups is 1. The van der Waals surface area contributed by atoms with Gasteiger partial charge in [-0.2, -0.15) is 0 Å². The number of hydrogen-bond acceptors (Lipinski definition) is 3. The number of furan rings is 1. The summed E-state index contributed by atoms with van der Waals surface area (Å²) in [6, 6.07) is 1.81. The zero-order valence-corrected chi connectivity index (χ0v) is 8.25. The molecule has 1 aromatic rings. The third-order valence-electron chi connectivity index (χ3n) is 2.46. The lowest BCUT2D eigenvalue weighted by molar-refractivity contribution is 0.0702. The summed E-state index contributed by atoms with van der Waals surface area (Å²) in [7, 11) is 0. The first-order valence-electron chi connectivity index (χ1n) is 4.83. The molecule has 0 bridgehead atoms. The average molecular weight is 194 g/mol. The molecule has 1 fully saturated rings. The summed E-state index contributed by atoms with van der Waals surface area (Å²) < 4.78 is 5.17. The second kappa shape index (κ2) is 3.84. The van der Waals surface area contributed by atoms with Crippen molar-refractivity contribution >= 4 is 5.91 Å². The zero-order chi connectivity index (χ0) is 9.97. The first kappa shape index (κ1) is 9.27. The number of hydrogen-bond donors (Lipinski definition) is 1. The largest absolute Gasteiger partial charge is 0.459 e. The van der Waals surface area contributed by atoms with Crippen LogP contribution >= 0.6 is 0 Å². The second-order valence-electron chi connectivity index (χ2n) is 3.47. The van der Waals surface area contributed by atoms with Gasteiger partial charge in [-0.15, -0.1) is 0 Å². The van der Waals surface area contributed by atoms with Crippen LogP contribution in [0.1, 0.15) is 16.1 Å². The standard InChI is InChI=1S/C10H14N2O2/c1-8-2-7-14-9(8)10(13)12-5-3-11-4-6-12/h2,7,11H,3-6H2,1H3.